The van der Waals surface area contributed by atoms with E-state index in [9.17, 15) is 14.3 Å². The van der Waals surface area contributed by atoms with Crippen molar-refractivity contribution >= 4 is 33.2 Å². The third kappa shape index (κ3) is 2.91. The van der Waals surface area contributed by atoms with Gasteiger partial charge in [0.15, 0.2) is 0 Å². The van der Waals surface area contributed by atoms with Crippen LogP contribution in [-0.4, -0.2) is 11.0 Å². The first kappa shape index (κ1) is 14.3. The van der Waals surface area contributed by atoms with Crippen LogP contribution in [0, 0.1) is 12.7 Å². The molecule has 0 aliphatic heterocycles. The van der Waals surface area contributed by atoms with E-state index in [1.54, 1.807) is 6.92 Å². The lowest BCUT2D eigenvalue weighted by Gasteiger charge is -2.10. The van der Waals surface area contributed by atoms with E-state index in [-0.39, 0.29) is 21.5 Å². The Morgan fingerprint density at radius 2 is 2.05 bits per heavy atom. The summed E-state index contributed by atoms with van der Waals surface area (Å²) in [6, 6.07) is 7.02. The molecule has 2 aromatic rings. The molecule has 0 atom stereocenters. The quantitative estimate of drug-likeness (QED) is 0.580. The number of nitrogens with two attached hydrogens (primary N) is 1. The Balaban J connectivity index is 2.27. The molecule has 1 amide bonds. The summed E-state index contributed by atoms with van der Waals surface area (Å²) in [4.78, 5) is 12.1. The van der Waals surface area contributed by atoms with E-state index in [1.165, 1.54) is 30.3 Å². The molecule has 4 N–H and O–H groups in total. The fourth-order valence-electron chi connectivity index (χ4n) is 1.66. The molecule has 0 heterocycles. The molecular weight excluding hydrogens is 327 g/mol. The van der Waals surface area contributed by atoms with Crippen LogP contribution in [0.4, 0.5) is 15.8 Å². The van der Waals surface area contributed by atoms with Gasteiger partial charge in [-0.05, 0) is 58.7 Å². The molecule has 0 bridgehead atoms. The average Bonchev–Trinajstić information content (AvgIpc) is 2.39. The van der Waals surface area contributed by atoms with Gasteiger partial charge in [-0.3, -0.25) is 4.79 Å². The molecule has 0 spiro atoms. The van der Waals surface area contributed by atoms with Crippen LogP contribution < -0.4 is 11.1 Å². The predicted octanol–water partition coefficient (Wildman–Crippen LogP) is 3.44. The SMILES string of the molecule is Cc1cc(F)c(Br)cc1NC(=O)c1ccc(N)c(O)c1. The largest absolute Gasteiger partial charge is 0.506 e. The van der Waals surface area contributed by atoms with Gasteiger partial charge in [0.2, 0.25) is 0 Å². The number of nitrogens with one attached hydrogen (secondary N) is 1. The number of amides is 1. The summed E-state index contributed by atoms with van der Waals surface area (Å²) in [6.45, 7) is 1.69. The van der Waals surface area contributed by atoms with E-state index in [0.29, 0.717) is 11.3 Å². The summed E-state index contributed by atoms with van der Waals surface area (Å²) < 4.78 is 13.6. The molecule has 0 aliphatic rings. The minimum atomic E-state index is -0.415. The number of hydrogen-bond acceptors (Lipinski definition) is 3. The lowest BCUT2D eigenvalue weighted by Crippen LogP contribution is -2.13. The number of hydrogen-bond donors (Lipinski definition) is 3. The van der Waals surface area contributed by atoms with Gasteiger partial charge in [-0.1, -0.05) is 0 Å². The number of carbonyl (C=O) groups is 1. The Morgan fingerprint density at radius 1 is 1.35 bits per heavy atom. The molecule has 0 radical (unpaired) electrons. The van der Waals surface area contributed by atoms with E-state index in [1.807, 2.05) is 0 Å². The summed E-state index contributed by atoms with van der Waals surface area (Å²) in [5, 5.41) is 12.1. The number of phenols is 1. The minimum Gasteiger partial charge on any atom is -0.506 e. The summed E-state index contributed by atoms with van der Waals surface area (Å²) in [6.07, 6.45) is 0. The number of benzene rings is 2. The molecule has 104 valence electrons. The van der Waals surface area contributed by atoms with Crippen molar-refractivity contribution in [3.05, 3.63) is 51.7 Å². The number of anilines is 2. The first-order chi connectivity index (χ1) is 9.38. The normalized spacial score (nSPS) is 10.3. The Morgan fingerprint density at radius 3 is 2.70 bits per heavy atom. The lowest BCUT2D eigenvalue weighted by atomic mass is 10.1. The first-order valence-corrected chi connectivity index (χ1v) is 6.53. The fraction of sp³-hybridized carbons (Fsp3) is 0.0714. The van der Waals surface area contributed by atoms with Gasteiger partial charge in [0.05, 0.1) is 10.2 Å². The molecule has 0 saturated carbocycles. The fourth-order valence-corrected chi connectivity index (χ4v) is 2.00. The molecule has 0 saturated heterocycles. The Hall–Kier alpha value is -2.08. The highest BCUT2D eigenvalue weighted by molar-refractivity contribution is 9.10. The van der Waals surface area contributed by atoms with E-state index >= 15 is 0 Å². The standard InChI is InChI=1S/C14H12BrFN2O2/c1-7-4-10(16)9(15)6-12(7)18-14(20)8-2-3-11(17)13(19)5-8/h2-6,19H,17H2,1H3,(H,18,20). The van der Waals surface area contributed by atoms with E-state index < -0.39 is 11.7 Å². The summed E-state index contributed by atoms with van der Waals surface area (Å²) >= 11 is 3.06. The second kappa shape index (κ2) is 5.50. The number of nitrogen functional groups attached to an aromatic ring is 1. The van der Waals surface area contributed by atoms with Gasteiger partial charge in [0.1, 0.15) is 11.6 Å². The minimum absolute atomic E-state index is 0.158. The third-order valence-corrected chi connectivity index (χ3v) is 3.42. The van der Waals surface area contributed by atoms with Gasteiger partial charge in [-0.25, -0.2) is 4.39 Å². The highest BCUT2D eigenvalue weighted by Gasteiger charge is 2.11. The van der Waals surface area contributed by atoms with Gasteiger partial charge in [0.25, 0.3) is 5.91 Å². The average molecular weight is 339 g/mol. The van der Waals surface area contributed by atoms with Crippen LogP contribution in [0.2, 0.25) is 0 Å². The van der Waals surface area contributed by atoms with Crippen LogP contribution in [0.1, 0.15) is 15.9 Å². The van der Waals surface area contributed by atoms with Gasteiger partial charge in [-0.2, -0.15) is 0 Å². The van der Waals surface area contributed by atoms with Crippen molar-refractivity contribution in [3.8, 4) is 5.75 Å². The van der Waals surface area contributed by atoms with Crippen LogP contribution in [0.3, 0.4) is 0 Å². The lowest BCUT2D eigenvalue weighted by molar-refractivity contribution is 0.102. The van der Waals surface area contributed by atoms with Gasteiger partial charge in [0, 0.05) is 11.3 Å². The molecule has 4 nitrogen and oxygen atoms in total. The molecule has 20 heavy (non-hydrogen) atoms. The van der Waals surface area contributed by atoms with Crippen LogP contribution in [0.25, 0.3) is 0 Å². The monoisotopic (exact) mass is 338 g/mol. The number of halogens is 2. The zero-order valence-electron chi connectivity index (χ0n) is 10.6. The van der Waals surface area contributed by atoms with Crippen molar-refractivity contribution in [2.75, 3.05) is 11.1 Å². The van der Waals surface area contributed by atoms with Crippen molar-refractivity contribution in [2.24, 2.45) is 0 Å². The van der Waals surface area contributed by atoms with E-state index in [4.69, 9.17) is 5.73 Å². The maximum Gasteiger partial charge on any atom is 0.255 e. The van der Waals surface area contributed by atoms with Crippen molar-refractivity contribution in [1.82, 2.24) is 0 Å². The van der Waals surface area contributed by atoms with Crippen molar-refractivity contribution in [3.63, 3.8) is 0 Å². The molecule has 0 aromatic heterocycles. The smallest absolute Gasteiger partial charge is 0.255 e. The van der Waals surface area contributed by atoms with Crippen molar-refractivity contribution in [2.45, 2.75) is 6.92 Å². The second-order valence-corrected chi connectivity index (χ2v) is 5.16. The molecule has 2 rings (SSSR count). The third-order valence-electron chi connectivity index (χ3n) is 2.81. The van der Waals surface area contributed by atoms with Crippen LogP contribution >= 0.6 is 15.9 Å². The zero-order valence-corrected chi connectivity index (χ0v) is 12.2. The maximum absolute atomic E-state index is 13.3. The Bertz CT molecular complexity index is 689. The molecule has 2 aromatic carbocycles. The molecule has 0 aliphatic carbocycles. The Kier molecular flexibility index (Phi) is 3.94. The Labute approximate surface area is 123 Å². The number of aryl methyl sites for hydroxylation is 1. The highest BCUT2D eigenvalue weighted by atomic mass is 79.9. The maximum atomic E-state index is 13.3. The van der Waals surface area contributed by atoms with Crippen LogP contribution in [0.15, 0.2) is 34.8 Å². The van der Waals surface area contributed by atoms with Gasteiger partial charge >= 0.3 is 0 Å². The molecule has 0 unspecified atom stereocenters. The highest BCUT2D eigenvalue weighted by Crippen LogP contribution is 2.26. The molecule has 6 heteroatoms. The number of carbonyl (C=O) groups excluding carboxylic acids is 1. The summed E-state index contributed by atoms with van der Waals surface area (Å²) in [7, 11) is 0. The number of phenolic OH excluding ortho intramolecular Hbond substituents is 1. The first-order valence-electron chi connectivity index (χ1n) is 5.74. The van der Waals surface area contributed by atoms with E-state index in [0.717, 1.165) is 0 Å². The number of aromatic hydroxyl groups is 1. The van der Waals surface area contributed by atoms with E-state index in [2.05, 4.69) is 21.2 Å². The van der Waals surface area contributed by atoms with Crippen molar-refractivity contribution in [1.29, 1.82) is 0 Å². The predicted molar refractivity (Wildman–Crippen MR) is 79.3 cm³/mol. The number of rotatable bonds is 2. The molecule has 0 fully saturated rings. The van der Waals surface area contributed by atoms with Gasteiger partial charge in [-0.15, -0.1) is 0 Å². The van der Waals surface area contributed by atoms with Crippen molar-refractivity contribution < 1.29 is 14.3 Å². The van der Waals surface area contributed by atoms with Crippen LogP contribution in [0.5, 0.6) is 5.75 Å². The summed E-state index contributed by atoms with van der Waals surface area (Å²) in [5.41, 5.74) is 7.01. The second-order valence-electron chi connectivity index (χ2n) is 4.31. The van der Waals surface area contributed by atoms with Crippen LogP contribution in [-0.2, 0) is 0 Å². The van der Waals surface area contributed by atoms with Gasteiger partial charge < -0.3 is 16.2 Å². The zero-order chi connectivity index (χ0) is 14.9. The topological polar surface area (TPSA) is 75.4 Å². The molecular formula is C14H12BrFN2O2. The summed E-state index contributed by atoms with van der Waals surface area (Å²) in [5.74, 6) is -0.970.